The lowest BCUT2D eigenvalue weighted by Crippen LogP contribution is -2.35. The van der Waals surface area contributed by atoms with Crippen LogP contribution in [-0.2, 0) is 10.0 Å². The first-order valence-corrected chi connectivity index (χ1v) is 8.32. The maximum absolute atomic E-state index is 12.2. The fourth-order valence-electron chi connectivity index (χ4n) is 1.67. The third kappa shape index (κ3) is 4.67. The van der Waals surface area contributed by atoms with Crippen molar-refractivity contribution in [3.05, 3.63) is 24.3 Å². The van der Waals surface area contributed by atoms with E-state index < -0.39 is 16.1 Å². The number of carbonyl (C=O) groups is 1. The van der Waals surface area contributed by atoms with Gasteiger partial charge in [-0.05, 0) is 12.1 Å². The van der Waals surface area contributed by atoms with Gasteiger partial charge in [-0.2, -0.15) is 18.4 Å². The van der Waals surface area contributed by atoms with Crippen LogP contribution in [0, 0.1) is 0 Å². The molecule has 11 nitrogen and oxygen atoms in total. The van der Waals surface area contributed by atoms with E-state index in [2.05, 4.69) is 25.6 Å². The number of sulfonamides is 1. The number of carbonyl (C=O) groups excluding carboxylic acids is 1. The molecule has 0 aliphatic heterocycles. The minimum Gasteiger partial charge on any atom is -0.481 e. The molecule has 25 heavy (non-hydrogen) atoms. The van der Waals surface area contributed by atoms with Gasteiger partial charge < -0.3 is 14.8 Å². The minimum atomic E-state index is -4.17. The fraction of sp³-hybridized carbons (Fsp3) is 0.231. The van der Waals surface area contributed by atoms with Crippen LogP contribution >= 0.6 is 0 Å². The molecule has 0 spiro atoms. The van der Waals surface area contributed by atoms with Gasteiger partial charge in [0.2, 0.25) is 17.7 Å². The Morgan fingerprint density at radius 2 is 1.72 bits per heavy atom. The predicted molar refractivity (Wildman–Crippen MR) is 88.3 cm³/mol. The molecule has 2 aromatic heterocycles. The predicted octanol–water partition coefficient (Wildman–Crippen LogP) is 0.441. The smallest absolute Gasteiger partial charge is 0.335 e. The van der Waals surface area contributed by atoms with Gasteiger partial charge in [0.25, 0.3) is 10.0 Å². The Morgan fingerprint density at radius 3 is 2.28 bits per heavy atom. The summed E-state index contributed by atoms with van der Waals surface area (Å²) >= 11 is 0. The lowest BCUT2D eigenvalue weighted by atomic mass is 10.5. The number of methoxy groups -OCH3 is 2. The van der Waals surface area contributed by atoms with Gasteiger partial charge in [0.15, 0.2) is 5.03 Å². The Labute approximate surface area is 143 Å². The number of hydrogen-bond donors (Lipinski definition) is 3. The highest BCUT2D eigenvalue weighted by atomic mass is 32.2. The maximum Gasteiger partial charge on any atom is 0.335 e. The summed E-state index contributed by atoms with van der Waals surface area (Å²) in [6.45, 7) is 0. The molecular weight excluding hydrogens is 352 g/mol. The number of urea groups is 1. The van der Waals surface area contributed by atoms with Crippen LogP contribution in [0.3, 0.4) is 0 Å². The van der Waals surface area contributed by atoms with Crippen molar-refractivity contribution in [2.75, 3.05) is 31.9 Å². The molecule has 2 rings (SSSR count). The second kappa shape index (κ2) is 7.61. The van der Waals surface area contributed by atoms with E-state index in [1.54, 1.807) is 13.1 Å². The molecule has 0 atom stereocenters. The molecule has 0 radical (unpaired) electrons. The van der Waals surface area contributed by atoms with Gasteiger partial charge in [0, 0.05) is 7.05 Å². The normalized spacial score (nSPS) is 10.7. The summed E-state index contributed by atoms with van der Waals surface area (Å²) in [7, 11) is 0.158. The van der Waals surface area contributed by atoms with Crippen LogP contribution in [0.1, 0.15) is 0 Å². The third-order valence-corrected chi connectivity index (χ3v) is 4.04. The third-order valence-electron chi connectivity index (χ3n) is 2.80. The zero-order chi connectivity index (χ0) is 18.4. The molecule has 0 aromatic carbocycles. The van der Waals surface area contributed by atoms with Crippen molar-refractivity contribution in [2.24, 2.45) is 0 Å². The van der Waals surface area contributed by atoms with Crippen LogP contribution in [0.15, 0.2) is 29.3 Å². The summed E-state index contributed by atoms with van der Waals surface area (Å²) in [5.74, 6) is 0.409. The highest BCUT2D eigenvalue weighted by Gasteiger charge is 2.20. The Kier molecular flexibility index (Phi) is 5.54. The summed E-state index contributed by atoms with van der Waals surface area (Å²) in [6.07, 6.45) is 0. The minimum absolute atomic E-state index is 0.133. The number of nitrogens with one attached hydrogen (secondary N) is 3. The largest absolute Gasteiger partial charge is 0.481 e. The molecule has 0 unspecified atom stereocenters. The maximum atomic E-state index is 12.2. The van der Waals surface area contributed by atoms with Gasteiger partial charge in [-0.25, -0.2) is 14.5 Å². The van der Waals surface area contributed by atoms with E-state index in [0.29, 0.717) is 5.82 Å². The van der Waals surface area contributed by atoms with Crippen molar-refractivity contribution in [3.8, 4) is 11.8 Å². The number of rotatable bonds is 6. The lowest BCUT2D eigenvalue weighted by Gasteiger charge is -2.09. The highest BCUT2D eigenvalue weighted by Crippen LogP contribution is 2.17. The molecule has 2 heterocycles. The van der Waals surface area contributed by atoms with Crippen LogP contribution in [0.2, 0.25) is 0 Å². The molecule has 0 saturated carbocycles. The molecule has 2 amide bonds. The molecule has 12 heteroatoms. The summed E-state index contributed by atoms with van der Waals surface area (Å²) in [4.78, 5) is 23.5. The summed E-state index contributed by atoms with van der Waals surface area (Å²) in [5.41, 5.74) is 0. The molecule has 0 fully saturated rings. The van der Waals surface area contributed by atoms with E-state index >= 15 is 0 Å². The second-order valence-corrected chi connectivity index (χ2v) is 6.08. The highest BCUT2D eigenvalue weighted by molar-refractivity contribution is 7.90. The second-order valence-electron chi connectivity index (χ2n) is 4.45. The molecule has 0 saturated heterocycles. The topological polar surface area (TPSA) is 144 Å². The number of anilines is 2. The van der Waals surface area contributed by atoms with Crippen LogP contribution in [-0.4, -0.2) is 50.7 Å². The van der Waals surface area contributed by atoms with Gasteiger partial charge in [0.05, 0.1) is 20.3 Å². The van der Waals surface area contributed by atoms with Crippen LogP contribution < -0.4 is 24.8 Å². The van der Waals surface area contributed by atoms with E-state index in [0.717, 1.165) is 0 Å². The van der Waals surface area contributed by atoms with E-state index in [1.807, 2.05) is 4.72 Å². The SMILES string of the molecule is CNc1cccc(S(=O)(=O)NC(=O)Nc2nc(OC)cc(OC)n2)n1. The van der Waals surface area contributed by atoms with Gasteiger partial charge >= 0.3 is 6.03 Å². The Balaban J connectivity index is 2.16. The molecule has 0 aliphatic rings. The summed E-state index contributed by atoms with van der Waals surface area (Å²) in [6, 6.07) is 4.65. The van der Waals surface area contributed by atoms with Crippen molar-refractivity contribution in [3.63, 3.8) is 0 Å². The number of nitrogens with zero attached hydrogens (tertiary/aromatic N) is 3. The molecule has 0 bridgehead atoms. The monoisotopic (exact) mass is 368 g/mol. The zero-order valence-electron chi connectivity index (χ0n) is 13.6. The molecule has 3 N–H and O–H groups in total. The first-order chi connectivity index (χ1) is 11.9. The number of hydrogen-bond acceptors (Lipinski definition) is 9. The summed E-state index contributed by atoms with van der Waals surface area (Å²) < 4.78 is 36.1. The average Bonchev–Trinajstić information content (AvgIpc) is 2.60. The quantitative estimate of drug-likeness (QED) is 0.661. The van der Waals surface area contributed by atoms with Crippen molar-refractivity contribution in [2.45, 2.75) is 5.03 Å². The van der Waals surface area contributed by atoms with Crippen LogP contribution in [0.4, 0.5) is 16.6 Å². The van der Waals surface area contributed by atoms with Crippen LogP contribution in [0.5, 0.6) is 11.8 Å². The van der Waals surface area contributed by atoms with Crippen LogP contribution in [0.25, 0.3) is 0 Å². The lowest BCUT2D eigenvalue weighted by molar-refractivity contribution is 0.256. The van der Waals surface area contributed by atoms with E-state index in [4.69, 9.17) is 9.47 Å². The van der Waals surface area contributed by atoms with E-state index in [-0.39, 0.29) is 22.7 Å². The number of pyridine rings is 1. The first kappa shape index (κ1) is 18.2. The summed E-state index contributed by atoms with van der Waals surface area (Å²) in [5, 5.41) is 4.58. The zero-order valence-corrected chi connectivity index (χ0v) is 14.4. The Hall–Kier alpha value is -3.15. The number of aromatic nitrogens is 3. The molecule has 0 aliphatic carbocycles. The molecule has 134 valence electrons. The average molecular weight is 368 g/mol. The van der Waals surface area contributed by atoms with Crippen molar-refractivity contribution in [1.29, 1.82) is 0 Å². The number of amides is 2. The van der Waals surface area contributed by atoms with Gasteiger partial charge in [-0.15, -0.1) is 0 Å². The molecule has 2 aromatic rings. The Bertz CT molecular complexity index is 851. The fourth-order valence-corrected chi connectivity index (χ4v) is 2.55. The van der Waals surface area contributed by atoms with Gasteiger partial charge in [-0.3, -0.25) is 5.32 Å². The standard InChI is InChI=1S/C13H16N6O5S/c1-14-8-5-4-6-11(15-8)25(21,22)19-13(20)18-12-16-9(23-2)7-10(17-12)24-3/h4-7H,1-3H3,(H,14,15)(H2,16,17,18,19,20). The molecular formula is C13H16N6O5S. The Morgan fingerprint density at radius 1 is 1.08 bits per heavy atom. The first-order valence-electron chi connectivity index (χ1n) is 6.83. The van der Waals surface area contributed by atoms with Crippen molar-refractivity contribution in [1.82, 2.24) is 19.7 Å². The number of ether oxygens (including phenoxy) is 2. The van der Waals surface area contributed by atoms with Crippen molar-refractivity contribution < 1.29 is 22.7 Å². The van der Waals surface area contributed by atoms with E-state index in [9.17, 15) is 13.2 Å². The van der Waals surface area contributed by atoms with Gasteiger partial charge in [-0.1, -0.05) is 6.07 Å². The van der Waals surface area contributed by atoms with Gasteiger partial charge in [0.1, 0.15) is 5.82 Å². The van der Waals surface area contributed by atoms with Crippen molar-refractivity contribution >= 4 is 27.8 Å². The van der Waals surface area contributed by atoms with E-state index in [1.165, 1.54) is 32.4 Å².